The molecule has 1 heterocycles. The van der Waals surface area contributed by atoms with Crippen LogP contribution in [0.15, 0.2) is 30.3 Å². The lowest BCUT2D eigenvalue weighted by molar-refractivity contribution is -0.144. The van der Waals surface area contributed by atoms with E-state index in [9.17, 15) is 9.59 Å². The van der Waals surface area contributed by atoms with E-state index in [1.807, 2.05) is 36.7 Å². The maximum absolute atomic E-state index is 12.5. The molecule has 1 aliphatic carbocycles. The third-order valence-electron chi connectivity index (χ3n) is 5.59. The zero-order valence-corrected chi connectivity index (χ0v) is 15.9. The summed E-state index contributed by atoms with van der Waals surface area (Å²) in [6, 6.07) is 10.2. The molecular weight excluding hydrogens is 342 g/mol. The average Bonchev–Trinajstić information content (AvgIpc) is 2.93. The lowest BCUT2D eigenvalue weighted by Crippen LogP contribution is -2.34. The fourth-order valence-corrected chi connectivity index (χ4v) is 3.82. The summed E-state index contributed by atoms with van der Waals surface area (Å²) in [7, 11) is 0. The second kappa shape index (κ2) is 8.37. The molecule has 1 fully saturated rings. The highest BCUT2D eigenvalue weighted by Gasteiger charge is 2.29. The molecule has 2 N–H and O–H groups in total. The van der Waals surface area contributed by atoms with Crippen LogP contribution in [0.2, 0.25) is 0 Å². The number of carbonyl (C=O) groups excluding carboxylic acids is 1. The summed E-state index contributed by atoms with van der Waals surface area (Å²) in [5.74, 6) is -1.10. The quantitative estimate of drug-likeness (QED) is 0.820. The third kappa shape index (κ3) is 4.56. The zero-order chi connectivity index (χ0) is 19.4. The number of nitrogens with zero attached hydrogens (tertiary/aromatic N) is 2. The van der Waals surface area contributed by atoms with Crippen molar-refractivity contribution in [3.63, 3.8) is 0 Å². The van der Waals surface area contributed by atoms with Crippen LogP contribution in [0.1, 0.15) is 48.2 Å². The topological polar surface area (TPSA) is 84.2 Å². The van der Waals surface area contributed by atoms with Crippen molar-refractivity contribution >= 4 is 11.9 Å². The SMILES string of the molecule is Cc1nn(Cc2ccccc2)c(C)c1CNC(=O)C1CCC(C(=O)O)CC1. The van der Waals surface area contributed by atoms with Gasteiger partial charge in [0.1, 0.15) is 0 Å². The molecule has 0 unspecified atom stereocenters. The largest absolute Gasteiger partial charge is 0.481 e. The van der Waals surface area contributed by atoms with E-state index in [0.29, 0.717) is 38.8 Å². The van der Waals surface area contributed by atoms with E-state index < -0.39 is 5.97 Å². The number of nitrogens with one attached hydrogen (secondary N) is 1. The minimum Gasteiger partial charge on any atom is -0.481 e. The summed E-state index contributed by atoms with van der Waals surface area (Å²) < 4.78 is 1.98. The third-order valence-corrected chi connectivity index (χ3v) is 5.59. The molecule has 1 saturated carbocycles. The van der Waals surface area contributed by atoms with Crippen LogP contribution in [0.3, 0.4) is 0 Å². The van der Waals surface area contributed by atoms with E-state index in [1.54, 1.807) is 0 Å². The highest BCUT2D eigenvalue weighted by Crippen LogP contribution is 2.29. The van der Waals surface area contributed by atoms with Gasteiger partial charge in [-0.1, -0.05) is 30.3 Å². The van der Waals surface area contributed by atoms with Crippen molar-refractivity contribution in [2.75, 3.05) is 0 Å². The van der Waals surface area contributed by atoms with Crippen LogP contribution in [0, 0.1) is 25.7 Å². The fraction of sp³-hybridized carbons (Fsp3) is 0.476. The monoisotopic (exact) mass is 369 g/mol. The molecule has 1 aromatic carbocycles. The van der Waals surface area contributed by atoms with Crippen molar-refractivity contribution in [1.29, 1.82) is 0 Å². The molecule has 1 aromatic heterocycles. The number of aromatic nitrogens is 2. The van der Waals surface area contributed by atoms with Crippen LogP contribution in [0.4, 0.5) is 0 Å². The smallest absolute Gasteiger partial charge is 0.306 e. The Morgan fingerprint density at radius 3 is 2.37 bits per heavy atom. The van der Waals surface area contributed by atoms with Crippen molar-refractivity contribution < 1.29 is 14.7 Å². The molecule has 0 aliphatic heterocycles. The normalized spacial score (nSPS) is 19.6. The van der Waals surface area contributed by atoms with Crippen LogP contribution < -0.4 is 5.32 Å². The van der Waals surface area contributed by atoms with E-state index >= 15 is 0 Å². The number of hydrogen-bond donors (Lipinski definition) is 2. The predicted octanol–water partition coefficient (Wildman–Crippen LogP) is 3.06. The minimum absolute atomic E-state index is 0.0217. The van der Waals surface area contributed by atoms with Crippen LogP contribution >= 0.6 is 0 Å². The molecule has 3 rings (SSSR count). The Bertz CT molecular complexity index is 806. The average molecular weight is 369 g/mol. The molecular formula is C21H27N3O3. The van der Waals surface area contributed by atoms with E-state index in [0.717, 1.165) is 17.0 Å². The molecule has 144 valence electrons. The Morgan fingerprint density at radius 2 is 1.74 bits per heavy atom. The van der Waals surface area contributed by atoms with E-state index in [2.05, 4.69) is 22.5 Å². The maximum atomic E-state index is 12.5. The predicted molar refractivity (Wildman–Crippen MR) is 102 cm³/mol. The number of carboxylic acid groups (broad SMARTS) is 1. The molecule has 0 saturated heterocycles. The van der Waals surface area contributed by atoms with Gasteiger partial charge in [-0.2, -0.15) is 5.10 Å². The summed E-state index contributed by atoms with van der Waals surface area (Å²) in [5.41, 5.74) is 4.23. The molecule has 0 bridgehead atoms. The first-order valence-corrected chi connectivity index (χ1v) is 9.53. The van der Waals surface area contributed by atoms with Gasteiger partial charge < -0.3 is 10.4 Å². The number of rotatable bonds is 6. The van der Waals surface area contributed by atoms with Gasteiger partial charge in [0.25, 0.3) is 0 Å². The summed E-state index contributed by atoms with van der Waals surface area (Å²) in [4.78, 5) is 23.5. The molecule has 6 nitrogen and oxygen atoms in total. The lowest BCUT2D eigenvalue weighted by atomic mass is 9.81. The highest BCUT2D eigenvalue weighted by molar-refractivity contribution is 5.79. The van der Waals surface area contributed by atoms with Gasteiger partial charge >= 0.3 is 5.97 Å². The highest BCUT2D eigenvalue weighted by atomic mass is 16.4. The van der Waals surface area contributed by atoms with Crippen LogP contribution in [0.25, 0.3) is 0 Å². The summed E-state index contributed by atoms with van der Waals surface area (Å²) in [5, 5.41) is 16.7. The van der Waals surface area contributed by atoms with Crippen LogP contribution in [0.5, 0.6) is 0 Å². The number of amides is 1. The van der Waals surface area contributed by atoms with Gasteiger partial charge in [-0.3, -0.25) is 14.3 Å². The van der Waals surface area contributed by atoms with Crippen LogP contribution in [-0.4, -0.2) is 26.8 Å². The first kappa shape index (κ1) is 19.1. The zero-order valence-electron chi connectivity index (χ0n) is 15.9. The van der Waals surface area contributed by atoms with Gasteiger partial charge in [0.2, 0.25) is 5.91 Å². The van der Waals surface area contributed by atoms with Crippen LogP contribution in [-0.2, 0) is 22.7 Å². The first-order chi connectivity index (χ1) is 13.0. The van der Waals surface area contributed by atoms with Crippen molar-refractivity contribution in [2.45, 2.75) is 52.6 Å². The summed E-state index contributed by atoms with van der Waals surface area (Å²) in [6.45, 7) is 5.17. The number of benzene rings is 1. The Labute approximate surface area is 159 Å². The minimum atomic E-state index is -0.745. The van der Waals surface area contributed by atoms with Gasteiger partial charge in [0.15, 0.2) is 0 Å². The standard InChI is InChI=1S/C21H27N3O3/c1-14-19(15(2)24(23-14)13-16-6-4-3-5-7-16)12-22-20(25)17-8-10-18(11-9-17)21(26)27/h3-7,17-18H,8-13H2,1-2H3,(H,22,25)(H,26,27). The fourth-order valence-electron chi connectivity index (χ4n) is 3.82. The van der Waals surface area contributed by atoms with Gasteiger partial charge in [-0.05, 0) is 45.1 Å². The lowest BCUT2D eigenvalue weighted by Gasteiger charge is -2.25. The van der Waals surface area contributed by atoms with Crippen molar-refractivity contribution in [2.24, 2.45) is 11.8 Å². The van der Waals surface area contributed by atoms with E-state index in [-0.39, 0.29) is 17.7 Å². The first-order valence-electron chi connectivity index (χ1n) is 9.53. The molecule has 6 heteroatoms. The Balaban J connectivity index is 1.58. The molecule has 0 atom stereocenters. The Morgan fingerprint density at radius 1 is 1.11 bits per heavy atom. The van der Waals surface area contributed by atoms with Gasteiger partial charge in [-0.15, -0.1) is 0 Å². The Hall–Kier alpha value is -2.63. The number of aryl methyl sites for hydroxylation is 1. The second-order valence-corrected chi connectivity index (χ2v) is 7.40. The molecule has 0 radical (unpaired) electrons. The van der Waals surface area contributed by atoms with Gasteiger partial charge in [0, 0.05) is 23.7 Å². The Kier molecular flexibility index (Phi) is 5.94. The summed E-state index contributed by atoms with van der Waals surface area (Å²) >= 11 is 0. The molecule has 2 aromatic rings. The number of carbonyl (C=O) groups is 2. The molecule has 1 amide bonds. The van der Waals surface area contributed by atoms with Crippen molar-refractivity contribution in [1.82, 2.24) is 15.1 Å². The van der Waals surface area contributed by atoms with Gasteiger partial charge in [0.05, 0.1) is 18.2 Å². The van der Waals surface area contributed by atoms with Crippen molar-refractivity contribution in [3.05, 3.63) is 52.8 Å². The van der Waals surface area contributed by atoms with E-state index in [4.69, 9.17) is 5.11 Å². The molecule has 1 aliphatic rings. The van der Waals surface area contributed by atoms with Crippen molar-refractivity contribution in [3.8, 4) is 0 Å². The number of hydrogen-bond acceptors (Lipinski definition) is 3. The molecule has 0 spiro atoms. The maximum Gasteiger partial charge on any atom is 0.306 e. The summed E-state index contributed by atoms with van der Waals surface area (Å²) in [6.07, 6.45) is 2.46. The van der Waals surface area contributed by atoms with E-state index in [1.165, 1.54) is 5.56 Å². The van der Waals surface area contributed by atoms with Gasteiger partial charge in [-0.25, -0.2) is 0 Å². The number of carboxylic acids is 1. The second-order valence-electron chi connectivity index (χ2n) is 7.40. The molecule has 27 heavy (non-hydrogen) atoms. The number of aliphatic carboxylic acids is 1.